The Hall–Kier alpha value is -1.68. The predicted octanol–water partition coefficient (Wildman–Crippen LogP) is 3.76. The normalized spacial score (nSPS) is 19.0. The van der Waals surface area contributed by atoms with E-state index in [2.05, 4.69) is 29.3 Å². The minimum Gasteiger partial charge on any atom is -0.385 e. The first-order chi connectivity index (χ1) is 10.2. The SMILES string of the molecule is C=C1SC(C(=O)NC2CC2)=CCCCNc2ccccc21. The third kappa shape index (κ3) is 3.70. The van der Waals surface area contributed by atoms with Crippen molar-refractivity contribution < 1.29 is 4.79 Å². The summed E-state index contributed by atoms with van der Waals surface area (Å²) >= 11 is 1.48. The molecule has 21 heavy (non-hydrogen) atoms. The van der Waals surface area contributed by atoms with Gasteiger partial charge in [-0.15, -0.1) is 0 Å². The highest BCUT2D eigenvalue weighted by atomic mass is 32.2. The van der Waals surface area contributed by atoms with E-state index in [-0.39, 0.29) is 5.91 Å². The zero-order valence-corrected chi connectivity index (χ0v) is 12.8. The van der Waals surface area contributed by atoms with Crippen LogP contribution in [0.15, 0.2) is 41.8 Å². The summed E-state index contributed by atoms with van der Waals surface area (Å²) in [5.74, 6) is 0.0506. The van der Waals surface area contributed by atoms with Gasteiger partial charge >= 0.3 is 0 Å². The number of carbonyl (C=O) groups excluding carboxylic acids is 1. The second-order valence-electron chi connectivity index (χ2n) is 5.46. The molecule has 0 spiro atoms. The van der Waals surface area contributed by atoms with Crippen molar-refractivity contribution >= 4 is 28.3 Å². The Labute approximate surface area is 129 Å². The van der Waals surface area contributed by atoms with E-state index in [9.17, 15) is 4.79 Å². The summed E-state index contributed by atoms with van der Waals surface area (Å²) in [7, 11) is 0. The number of thioether (sulfide) groups is 1. The van der Waals surface area contributed by atoms with E-state index in [1.54, 1.807) is 0 Å². The summed E-state index contributed by atoms with van der Waals surface area (Å²) < 4.78 is 0. The fraction of sp³-hybridized carbons (Fsp3) is 0.353. The molecule has 1 aromatic carbocycles. The molecule has 0 bridgehead atoms. The molecule has 0 aromatic heterocycles. The smallest absolute Gasteiger partial charge is 0.257 e. The molecule has 4 heteroatoms. The Kier molecular flexibility index (Phi) is 4.34. The van der Waals surface area contributed by atoms with Crippen molar-refractivity contribution in [3.05, 3.63) is 47.4 Å². The molecule has 1 saturated carbocycles. The number of anilines is 1. The highest BCUT2D eigenvalue weighted by Crippen LogP contribution is 2.37. The van der Waals surface area contributed by atoms with Crippen LogP contribution in [0.25, 0.3) is 4.91 Å². The van der Waals surface area contributed by atoms with Gasteiger partial charge in [0, 0.05) is 28.7 Å². The van der Waals surface area contributed by atoms with Gasteiger partial charge in [-0.25, -0.2) is 0 Å². The van der Waals surface area contributed by atoms with Crippen LogP contribution in [0.4, 0.5) is 5.69 Å². The molecule has 3 nitrogen and oxygen atoms in total. The lowest BCUT2D eigenvalue weighted by Crippen LogP contribution is -2.26. The summed E-state index contributed by atoms with van der Waals surface area (Å²) in [6.07, 6.45) is 6.18. The molecular formula is C17H20N2OS. The van der Waals surface area contributed by atoms with Crippen LogP contribution in [0.3, 0.4) is 0 Å². The zero-order valence-electron chi connectivity index (χ0n) is 12.0. The fourth-order valence-electron chi connectivity index (χ4n) is 2.29. The predicted molar refractivity (Wildman–Crippen MR) is 90.0 cm³/mol. The van der Waals surface area contributed by atoms with Gasteiger partial charge in [-0.05, 0) is 31.7 Å². The second kappa shape index (κ2) is 6.39. The van der Waals surface area contributed by atoms with Crippen LogP contribution in [0, 0.1) is 0 Å². The van der Waals surface area contributed by atoms with Gasteiger partial charge in [0.1, 0.15) is 0 Å². The lowest BCUT2D eigenvalue weighted by Gasteiger charge is -2.16. The minimum absolute atomic E-state index is 0.0506. The maximum absolute atomic E-state index is 12.3. The van der Waals surface area contributed by atoms with E-state index in [1.807, 2.05) is 18.2 Å². The standard InChI is InChI=1S/C17H20N2OS/c1-12-14-6-2-3-7-15(14)18-11-5-4-8-16(21-12)17(20)19-13-9-10-13/h2-3,6-8,13,18H,1,4-5,9-11H2,(H,19,20). The third-order valence-corrected chi connectivity index (χ3v) is 4.66. The van der Waals surface area contributed by atoms with Crippen LogP contribution in [-0.2, 0) is 4.79 Å². The van der Waals surface area contributed by atoms with Gasteiger partial charge in [0.25, 0.3) is 5.91 Å². The summed E-state index contributed by atoms with van der Waals surface area (Å²) in [5, 5.41) is 6.51. The number of nitrogens with one attached hydrogen (secondary N) is 2. The van der Waals surface area contributed by atoms with Gasteiger partial charge in [0.05, 0.1) is 4.91 Å². The van der Waals surface area contributed by atoms with Crippen LogP contribution in [0.5, 0.6) is 0 Å². The lowest BCUT2D eigenvalue weighted by molar-refractivity contribution is -0.116. The van der Waals surface area contributed by atoms with Crippen molar-refractivity contribution in [2.45, 2.75) is 31.7 Å². The number of fused-ring (bicyclic) bond motifs is 1. The minimum atomic E-state index is 0.0506. The van der Waals surface area contributed by atoms with Crippen molar-refractivity contribution in [1.82, 2.24) is 5.32 Å². The number of amides is 1. The lowest BCUT2D eigenvalue weighted by atomic mass is 10.1. The van der Waals surface area contributed by atoms with Crippen molar-refractivity contribution in [3.8, 4) is 0 Å². The number of benzene rings is 1. The highest BCUT2D eigenvalue weighted by Gasteiger charge is 2.25. The largest absolute Gasteiger partial charge is 0.385 e. The van der Waals surface area contributed by atoms with Crippen molar-refractivity contribution in [1.29, 1.82) is 0 Å². The van der Waals surface area contributed by atoms with Gasteiger partial charge in [0.2, 0.25) is 0 Å². The molecule has 1 aromatic rings. The molecular weight excluding hydrogens is 280 g/mol. The van der Waals surface area contributed by atoms with E-state index in [0.717, 1.165) is 53.3 Å². The van der Waals surface area contributed by atoms with E-state index in [4.69, 9.17) is 0 Å². The average molecular weight is 300 g/mol. The first kappa shape index (κ1) is 14.3. The van der Waals surface area contributed by atoms with Gasteiger partial charge < -0.3 is 10.6 Å². The maximum atomic E-state index is 12.3. The van der Waals surface area contributed by atoms with Crippen molar-refractivity contribution in [2.24, 2.45) is 0 Å². The number of carbonyl (C=O) groups is 1. The molecule has 0 atom stereocenters. The van der Waals surface area contributed by atoms with Gasteiger partial charge in [-0.2, -0.15) is 0 Å². The monoisotopic (exact) mass is 300 g/mol. The molecule has 1 aliphatic carbocycles. The van der Waals surface area contributed by atoms with Gasteiger partial charge in [-0.3, -0.25) is 4.79 Å². The molecule has 1 amide bonds. The fourth-order valence-corrected chi connectivity index (χ4v) is 3.20. The second-order valence-corrected chi connectivity index (χ2v) is 6.59. The van der Waals surface area contributed by atoms with Gasteiger partial charge in [-0.1, -0.05) is 42.6 Å². The van der Waals surface area contributed by atoms with E-state index in [0.29, 0.717) is 6.04 Å². The molecule has 2 aliphatic rings. The van der Waals surface area contributed by atoms with E-state index < -0.39 is 0 Å². The van der Waals surface area contributed by atoms with Crippen LogP contribution in [0.1, 0.15) is 31.2 Å². The van der Waals surface area contributed by atoms with Crippen LogP contribution in [0.2, 0.25) is 0 Å². The first-order valence-electron chi connectivity index (χ1n) is 7.45. The topological polar surface area (TPSA) is 41.1 Å². The number of hydrogen-bond acceptors (Lipinski definition) is 3. The Morgan fingerprint density at radius 2 is 2.14 bits per heavy atom. The Morgan fingerprint density at radius 3 is 2.95 bits per heavy atom. The van der Waals surface area contributed by atoms with Crippen molar-refractivity contribution in [2.75, 3.05) is 11.9 Å². The molecule has 0 saturated heterocycles. The molecule has 0 radical (unpaired) electrons. The summed E-state index contributed by atoms with van der Waals surface area (Å²) in [6.45, 7) is 5.06. The van der Waals surface area contributed by atoms with E-state index >= 15 is 0 Å². The first-order valence-corrected chi connectivity index (χ1v) is 8.27. The Bertz CT molecular complexity index is 590. The molecule has 1 fully saturated rings. The summed E-state index contributed by atoms with van der Waals surface area (Å²) in [5.41, 5.74) is 2.17. The average Bonchev–Trinajstić information content (AvgIpc) is 3.29. The summed E-state index contributed by atoms with van der Waals surface area (Å²) in [4.78, 5) is 14.0. The number of allylic oxidation sites excluding steroid dienone is 1. The van der Waals surface area contributed by atoms with Crippen LogP contribution in [-0.4, -0.2) is 18.5 Å². The third-order valence-electron chi connectivity index (χ3n) is 3.62. The Morgan fingerprint density at radius 1 is 1.33 bits per heavy atom. The van der Waals surface area contributed by atoms with E-state index in [1.165, 1.54) is 11.8 Å². The zero-order chi connectivity index (χ0) is 14.7. The maximum Gasteiger partial charge on any atom is 0.257 e. The molecule has 1 aliphatic heterocycles. The van der Waals surface area contributed by atoms with Crippen LogP contribution >= 0.6 is 11.8 Å². The summed E-state index contributed by atoms with van der Waals surface area (Å²) in [6, 6.07) is 8.53. The highest BCUT2D eigenvalue weighted by molar-refractivity contribution is 8.12. The van der Waals surface area contributed by atoms with Crippen molar-refractivity contribution in [3.63, 3.8) is 0 Å². The number of rotatable bonds is 2. The number of para-hydroxylation sites is 1. The molecule has 0 unspecified atom stereocenters. The number of hydrogen-bond donors (Lipinski definition) is 2. The van der Waals surface area contributed by atoms with Crippen LogP contribution < -0.4 is 10.6 Å². The van der Waals surface area contributed by atoms with Gasteiger partial charge in [0.15, 0.2) is 0 Å². The quantitative estimate of drug-likeness (QED) is 0.874. The molecule has 2 N–H and O–H groups in total. The Balaban J connectivity index is 1.81. The molecule has 1 heterocycles. The molecule has 110 valence electrons. The molecule has 3 rings (SSSR count).